The van der Waals surface area contributed by atoms with E-state index < -0.39 is 28.5 Å². The minimum Gasteiger partial charge on any atom is -0.494 e. The van der Waals surface area contributed by atoms with Crippen molar-refractivity contribution in [1.29, 1.82) is 0 Å². The second-order valence-electron chi connectivity index (χ2n) is 11.6. The van der Waals surface area contributed by atoms with Crippen LogP contribution in [0.4, 0.5) is 5.69 Å². The Kier molecular flexibility index (Phi) is 13.7. The summed E-state index contributed by atoms with van der Waals surface area (Å²) in [5.74, 6) is 0.225. The van der Waals surface area contributed by atoms with Gasteiger partial charge in [-0.25, -0.2) is 8.42 Å². The third-order valence-electron chi connectivity index (χ3n) is 8.20. The second-order valence-corrected chi connectivity index (χ2v) is 14.4. The zero-order valence-corrected chi connectivity index (χ0v) is 31.4. The van der Waals surface area contributed by atoms with Gasteiger partial charge in [-0.2, -0.15) is 0 Å². The first-order valence-electron chi connectivity index (χ1n) is 16.4. The topological polar surface area (TPSA) is 114 Å². The zero-order chi connectivity index (χ0) is 36.3. The summed E-state index contributed by atoms with van der Waals surface area (Å²) in [7, 11) is -1.49. The van der Waals surface area contributed by atoms with Crippen LogP contribution >= 0.6 is 15.9 Å². The van der Waals surface area contributed by atoms with E-state index in [1.54, 1.807) is 24.3 Å². The third-order valence-corrected chi connectivity index (χ3v) is 10.5. The summed E-state index contributed by atoms with van der Waals surface area (Å²) in [6.45, 7) is 5.62. The highest BCUT2D eigenvalue weighted by Crippen LogP contribution is 2.33. The van der Waals surface area contributed by atoms with Gasteiger partial charge in [-0.1, -0.05) is 65.3 Å². The second kappa shape index (κ2) is 17.9. The number of nitrogens with one attached hydrogen (secondary N) is 1. The molecule has 12 heteroatoms. The highest BCUT2D eigenvalue weighted by Gasteiger charge is 2.35. The Bertz CT molecular complexity index is 1820. The molecule has 0 heterocycles. The molecule has 4 rings (SSSR count). The molecule has 0 aliphatic heterocycles. The van der Waals surface area contributed by atoms with Crippen LogP contribution in [0.3, 0.4) is 0 Å². The van der Waals surface area contributed by atoms with E-state index >= 15 is 0 Å². The largest absolute Gasteiger partial charge is 0.494 e. The van der Waals surface area contributed by atoms with E-state index in [9.17, 15) is 18.0 Å². The lowest BCUT2D eigenvalue weighted by Gasteiger charge is -2.34. The van der Waals surface area contributed by atoms with Crippen LogP contribution in [0.5, 0.6) is 17.2 Å². The van der Waals surface area contributed by atoms with Gasteiger partial charge in [-0.15, -0.1) is 0 Å². The Morgan fingerprint density at radius 3 is 2.10 bits per heavy atom. The lowest BCUT2D eigenvalue weighted by Crippen LogP contribution is -2.54. The van der Waals surface area contributed by atoms with E-state index in [0.717, 1.165) is 19.9 Å². The number of carbonyl (C=O) groups excluding carboxylic acids is 2. The van der Waals surface area contributed by atoms with Gasteiger partial charge in [0.2, 0.25) is 11.8 Å². The van der Waals surface area contributed by atoms with Crippen molar-refractivity contribution in [1.82, 2.24) is 10.2 Å². The summed E-state index contributed by atoms with van der Waals surface area (Å²) in [4.78, 5) is 30.1. The SMILES string of the molecule is CCOc1ccc(N(CC(=O)N(Cc2ccc(Br)cc2)[C@H](Cc2ccccc2)C(=O)N[C@@H](C)CC)S(=O)(=O)c2ccc(OC)c(OC)c2)cc1. The number of rotatable bonds is 17. The van der Waals surface area contributed by atoms with Gasteiger partial charge in [0, 0.05) is 29.5 Å². The summed E-state index contributed by atoms with van der Waals surface area (Å²) in [6.07, 6.45) is 0.913. The maximum atomic E-state index is 14.7. The predicted molar refractivity (Wildman–Crippen MR) is 198 cm³/mol. The van der Waals surface area contributed by atoms with Gasteiger partial charge in [0.25, 0.3) is 10.0 Å². The van der Waals surface area contributed by atoms with Crippen LogP contribution in [0.2, 0.25) is 0 Å². The normalized spacial score (nSPS) is 12.4. The first-order valence-corrected chi connectivity index (χ1v) is 18.6. The number of nitrogens with zero attached hydrogens (tertiary/aromatic N) is 2. The molecule has 0 spiro atoms. The number of anilines is 1. The molecule has 50 heavy (non-hydrogen) atoms. The van der Waals surface area contributed by atoms with Gasteiger partial charge in [-0.3, -0.25) is 13.9 Å². The lowest BCUT2D eigenvalue weighted by molar-refractivity contribution is -0.140. The summed E-state index contributed by atoms with van der Waals surface area (Å²) >= 11 is 3.46. The first kappa shape index (κ1) is 38.3. The molecule has 0 aliphatic rings. The molecule has 0 saturated heterocycles. The zero-order valence-electron chi connectivity index (χ0n) is 29.0. The van der Waals surface area contributed by atoms with Crippen molar-refractivity contribution in [2.24, 2.45) is 0 Å². The van der Waals surface area contributed by atoms with Crippen LogP contribution < -0.4 is 23.8 Å². The highest BCUT2D eigenvalue weighted by molar-refractivity contribution is 9.10. The fourth-order valence-corrected chi connectivity index (χ4v) is 6.98. The predicted octanol–water partition coefficient (Wildman–Crippen LogP) is 6.62. The van der Waals surface area contributed by atoms with Crippen molar-refractivity contribution in [3.8, 4) is 17.2 Å². The first-order chi connectivity index (χ1) is 24.0. The van der Waals surface area contributed by atoms with Crippen molar-refractivity contribution in [3.63, 3.8) is 0 Å². The molecule has 0 saturated carbocycles. The van der Waals surface area contributed by atoms with E-state index in [0.29, 0.717) is 24.5 Å². The van der Waals surface area contributed by atoms with Crippen molar-refractivity contribution >= 4 is 43.5 Å². The molecule has 0 unspecified atom stereocenters. The van der Waals surface area contributed by atoms with Crippen LogP contribution in [-0.2, 0) is 32.6 Å². The molecule has 10 nitrogen and oxygen atoms in total. The maximum absolute atomic E-state index is 14.7. The van der Waals surface area contributed by atoms with E-state index in [-0.39, 0.29) is 41.2 Å². The van der Waals surface area contributed by atoms with Crippen molar-refractivity contribution in [3.05, 3.63) is 113 Å². The molecule has 0 radical (unpaired) electrons. The number of sulfonamides is 1. The Balaban J connectivity index is 1.83. The molecule has 266 valence electrons. The number of benzene rings is 4. The maximum Gasteiger partial charge on any atom is 0.264 e. The summed E-state index contributed by atoms with van der Waals surface area (Å²) in [5.41, 5.74) is 1.86. The number of hydrogen-bond donors (Lipinski definition) is 1. The molecule has 0 bridgehead atoms. The third kappa shape index (κ3) is 9.79. The summed E-state index contributed by atoms with van der Waals surface area (Å²) in [5, 5.41) is 3.05. The Morgan fingerprint density at radius 1 is 0.840 bits per heavy atom. The molecule has 0 fully saturated rings. The Morgan fingerprint density at radius 2 is 1.50 bits per heavy atom. The van der Waals surface area contributed by atoms with Gasteiger partial charge < -0.3 is 24.4 Å². The minimum atomic E-state index is -4.37. The fourth-order valence-electron chi connectivity index (χ4n) is 5.29. The molecule has 1 N–H and O–H groups in total. The van der Waals surface area contributed by atoms with Crippen LogP contribution in [0, 0.1) is 0 Å². The van der Waals surface area contributed by atoms with Crippen molar-refractivity contribution < 1.29 is 32.2 Å². The monoisotopic (exact) mass is 765 g/mol. The van der Waals surface area contributed by atoms with Crippen molar-refractivity contribution in [2.75, 3.05) is 31.7 Å². The van der Waals surface area contributed by atoms with E-state index in [1.807, 2.05) is 75.4 Å². The van der Waals surface area contributed by atoms with Gasteiger partial charge >= 0.3 is 0 Å². The average molecular weight is 767 g/mol. The molecule has 0 aromatic heterocycles. The van der Waals surface area contributed by atoms with E-state index in [4.69, 9.17) is 14.2 Å². The molecular formula is C38H44BrN3O7S. The average Bonchev–Trinajstić information content (AvgIpc) is 3.13. The fraction of sp³-hybridized carbons (Fsp3) is 0.316. The number of amides is 2. The number of halogens is 1. The number of ether oxygens (including phenoxy) is 3. The molecular weight excluding hydrogens is 722 g/mol. The van der Waals surface area contributed by atoms with E-state index in [1.165, 1.54) is 37.3 Å². The molecule has 2 amide bonds. The summed E-state index contributed by atoms with van der Waals surface area (Å²) < 4.78 is 47.2. The molecule has 4 aromatic rings. The molecule has 2 atom stereocenters. The number of methoxy groups -OCH3 is 2. The van der Waals surface area contributed by atoms with E-state index in [2.05, 4.69) is 21.2 Å². The van der Waals surface area contributed by atoms with Crippen molar-refractivity contribution in [2.45, 2.75) is 57.1 Å². The highest BCUT2D eigenvalue weighted by atomic mass is 79.9. The lowest BCUT2D eigenvalue weighted by atomic mass is 10.0. The summed E-state index contributed by atoms with van der Waals surface area (Å²) in [6, 6.07) is 26.5. The number of carbonyl (C=O) groups is 2. The molecule has 4 aromatic carbocycles. The Hall–Kier alpha value is -4.55. The van der Waals surface area contributed by atoms with Crippen LogP contribution in [0.15, 0.2) is 106 Å². The van der Waals surface area contributed by atoms with Gasteiger partial charge in [0.1, 0.15) is 18.3 Å². The Labute approximate surface area is 303 Å². The van der Waals surface area contributed by atoms with Gasteiger partial charge in [0.05, 0.1) is 31.4 Å². The quantitative estimate of drug-likeness (QED) is 0.129. The standard InChI is InChI=1S/C38H44BrN3O7S/c1-6-27(3)40-38(44)34(23-28-11-9-8-10-12-28)41(25-29-13-15-30(39)16-14-29)37(43)26-42(31-17-19-32(20-18-31)49-7-2)50(45,46)33-21-22-35(47-4)36(24-33)48-5/h8-22,24,27,34H,6-7,23,25-26H2,1-5H3,(H,40,44)/t27-,34+/m0/s1. The molecule has 0 aliphatic carbocycles. The van der Waals surface area contributed by atoms with Crippen LogP contribution in [-0.4, -0.2) is 64.6 Å². The van der Waals surface area contributed by atoms with Gasteiger partial charge in [-0.05, 0) is 79.9 Å². The van der Waals surface area contributed by atoms with Crippen LogP contribution in [0.1, 0.15) is 38.3 Å². The minimum absolute atomic E-state index is 0.0606. The van der Waals surface area contributed by atoms with Gasteiger partial charge in [0.15, 0.2) is 11.5 Å². The van der Waals surface area contributed by atoms with Crippen LogP contribution in [0.25, 0.3) is 0 Å². The smallest absolute Gasteiger partial charge is 0.264 e. The number of hydrogen-bond acceptors (Lipinski definition) is 7.